The first-order chi connectivity index (χ1) is 8.58. The van der Waals surface area contributed by atoms with Crippen LogP contribution in [0, 0.1) is 5.82 Å². The number of nitrogens with zero attached hydrogens (tertiary/aromatic N) is 1. The van der Waals surface area contributed by atoms with Crippen LogP contribution < -0.4 is 16.5 Å². The molecule has 0 saturated heterocycles. The molecule has 4 nitrogen and oxygen atoms in total. The number of nitrogen functional groups attached to an aromatic ring is 1. The number of hydrogen-bond donors (Lipinski definition) is 2. The van der Waals surface area contributed by atoms with Crippen LogP contribution in [0.2, 0.25) is 0 Å². The van der Waals surface area contributed by atoms with E-state index in [9.17, 15) is 9.18 Å². The Morgan fingerprint density at radius 3 is 2.67 bits per heavy atom. The number of nitrogens with one attached hydrogen (secondary N) is 1. The van der Waals surface area contributed by atoms with E-state index in [1.165, 1.54) is 18.2 Å². The molecule has 1 heterocycles. The van der Waals surface area contributed by atoms with E-state index in [2.05, 4.69) is 10.3 Å². The van der Waals surface area contributed by atoms with Gasteiger partial charge in [-0.05, 0) is 23.7 Å². The summed E-state index contributed by atoms with van der Waals surface area (Å²) >= 11 is 0. The third-order valence-electron chi connectivity index (χ3n) is 2.50. The number of nitrogens with two attached hydrogens (primary N) is 1. The minimum atomic E-state index is -0.574. The number of carbonyl (C=O) groups excluding carboxylic acids is 1. The van der Waals surface area contributed by atoms with E-state index in [4.69, 9.17) is 5.73 Å². The van der Waals surface area contributed by atoms with Crippen LogP contribution in [0.5, 0.6) is 0 Å². The van der Waals surface area contributed by atoms with Crippen molar-refractivity contribution >= 4 is 30.9 Å². The van der Waals surface area contributed by atoms with E-state index in [1.54, 1.807) is 18.2 Å². The quantitative estimate of drug-likeness (QED) is 0.746. The Balaban J connectivity index is 2.22. The van der Waals surface area contributed by atoms with Gasteiger partial charge in [0, 0.05) is 0 Å². The summed E-state index contributed by atoms with van der Waals surface area (Å²) in [6, 6.07) is 9.10. The van der Waals surface area contributed by atoms with Crippen LogP contribution in [0.15, 0.2) is 36.4 Å². The number of pyridine rings is 1. The lowest BCUT2D eigenvalue weighted by atomic mass is 9.97. The molecule has 0 spiro atoms. The SMILES string of the molecule is Bc1ccc(NC(=O)c2ccccc2F)nc1N. The Bertz CT molecular complexity index is 604. The molecule has 0 bridgehead atoms. The molecule has 2 rings (SSSR count). The number of anilines is 2. The fraction of sp³-hybridized carbons (Fsp3) is 0. The highest BCUT2D eigenvalue weighted by molar-refractivity contribution is 6.35. The van der Waals surface area contributed by atoms with Crippen LogP contribution in [0.25, 0.3) is 0 Å². The van der Waals surface area contributed by atoms with Crippen molar-refractivity contribution in [2.24, 2.45) is 0 Å². The molecule has 0 aliphatic carbocycles. The first-order valence-corrected chi connectivity index (χ1v) is 5.37. The number of benzene rings is 1. The molecule has 1 aromatic heterocycles. The van der Waals surface area contributed by atoms with Crippen molar-refractivity contribution in [3.05, 3.63) is 47.8 Å². The van der Waals surface area contributed by atoms with Crippen molar-refractivity contribution in [3.63, 3.8) is 0 Å². The van der Waals surface area contributed by atoms with Crippen LogP contribution in [0.1, 0.15) is 10.4 Å². The molecule has 3 N–H and O–H groups in total. The molecule has 0 aliphatic heterocycles. The molecule has 90 valence electrons. The van der Waals surface area contributed by atoms with Crippen LogP contribution in [-0.2, 0) is 0 Å². The molecule has 6 heteroatoms. The van der Waals surface area contributed by atoms with E-state index in [1.807, 2.05) is 7.85 Å². The van der Waals surface area contributed by atoms with Crippen molar-refractivity contribution in [1.29, 1.82) is 0 Å². The van der Waals surface area contributed by atoms with E-state index < -0.39 is 11.7 Å². The standard InChI is InChI=1S/C12H11BFN3O/c13-8-5-6-10(16-11(8)15)17-12(18)7-3-1-2-4-9(7)14/h1-6H,13H2,(H3,15,16,17,18). The molecular formula is C12H11BFN3O. The highest BCUT2D eigenvalue weighted by Crippen LogP contribution is 2.10. The predicted octanol–water partition coefficient (Wildman–Crippen LogP) is 0.314. The minimum Gasteiger partial charge on any atom is -0.384 e. The first-order valence-electron chi connectivity index (χ1n) is 5.37. The molecule has 2 aromatic rings. The molecule has 0 saturated carbocycles. The van der Waals surface area contributed by atoms with Gasteiger partial charge < -0.3 is 11.1 Å². The first kappa shape index (κ1) is 12.1. The second-order valence-corrected chi connectivity index (χ2v) is 3.83. The summed E-state index contributed by atoms with van der Waals surface area (Å²) in [5, 5.41) is 2.50. The highest BCUT2D eigenvalue weighted by atomic mass is 19.1. The van der Waals surface area contributed by atoms with E-state index >= 15 is 0 Å². The maximum atomic E-state index is 13.4. The Labute approximate surface area is 104 Å². The van der Waals surface area contributed by atoms with Gasteiger partial charge in [0.1, 0.15) is 25.3 Å². The van der Waals surface area contributed by atoms with Gasteiger partial charge in [-0.3, -0.25) is 4.79 Å². The van der Waals surface area contributed by atoms with Crippen LogP contribution in [0.4, 0.5) is 16.0 Å². The average molecular weight is 243 g/mol. The minimum absolute atomic E-state index is 0.0292. The van der Waals surface area contributed by atoms with Gasteiger partial charge >= 0.3 is 0 Å². The van der Waals surface area contributed by atoms with E-state index in [0.717, 1.165) is 5.46 Å². The Kier molecular flexibility index (Phi) is 3.27. The second kappa shape index (κ2) is 4.87. The zero-order valence-corrected chi connectivity index (χ0v) is 9.77. The fourth-order valence-electron chi connectivity index (χ4n) is 1.44. The molecule has 0 fully saturated rings. The monoisotopic (exact) mass is 243 g/mol. The fourth-order valence-corrected chi connectivity index (χ4v) is 1.44. The summed E-state index contributed by atoms with van der Waals surface area (Å²) in [7, 11) is 1.81. The molecule has 0 radical (unpaired) electrons. The molecule has 1 amide bonds. The van der Waals surface area contributed by atoms with Gasteiger partial charge in [-0.2, -0.15) is 0 Å². The van der Waals surface area contributed by atoms with Gasteiger partial charge in [-0.1, -0.05) is 18.2 Å². The van der Waals surface area contributed by atoms with Crippen LogP contribution in [-0.4, -0.2) is 18.7 Å². The van der Waals surface area contributed by atoms with Crippen LogP contribution in [0.3, 0.4) is 0 Å². The molecule has 0 atom stereocenters. The lowest BCUT2D eigenvalue weighted by molar-refractivity contribution is 0.102. The molecule has 18 heavy (non-hydrogen) atoms. The largest absolute Gasteiger partial charge is 0.384 e. The van der Waals surface area contributed by atoms with Crippen molar-refractivity contribution in [3.8, 4) is 0 Å². The zero-order chi connectivity index (χ0) is 13.1. The summed E-state index contributed by atoms with van der Waals surface area (Å²) in [5.41, 5.74) is 6.42. The number of amides is 1. The smallest absolute Gasteiger partial charge is 0.259 e. The van der Waals surface area contributed by atoms with E-state index in [0.29, 0.717) is 11.6 Å². The predicted molar refractivity (Wildman–Crippen MR) is 71.2 cm³/mol. The second-order valence-electron chi connectivity index (χ2n) is 3.83. The van der Waals surface area contributed by atoms with Gasteiger partial charge in [0.2, 0.25) is 0 Å². The maximum absolute atomic E-state index is 13.4. The highest BCUT2D eigenvalue weighted by Gasteiger charge is 2.11. The van der Waals surface area contributed by atoms with Gasteiger partial charge in [-0.15, -0.1) is 0 Å². The Morgan fingerprint density at radius 1 is 1.28 bits per heavy atom. The summed E-state index contributed by atoms with van der Waals surface area (Å²) in [4.78, 5) is 15.8. The number of carbonyl (C=O) groups is 1. The lowest BCUT2D eigenvalue weighted by Gasteiger charge is -2.07. The van der Waals surface area contributed by atoms with Crippen LogP contribution >= 0.6 is 0 Å². The molecular weight excluding hydrogens is 232 g/mol. The van der Waals surface area contributed by atoms with Crippen molar-refractivity contribution in [2.75, 3.05) is 11.1 Å². The van der Waals surface area contributed by atoms with E-state index in [-0.39, 0.29) is 5.56 Å². The maximum Gasteiger partial charge on any atom is 0.259 e. The van der Waals surface area contributed by atoms with Gasteiger partial charge in [0.15, 0.2) is 0 Å². The third kappa shape index (κ3) is 2.48. The lowest BCUT2D eigenvalue weighted by Crippen LogP contribution is -2.18. The number of halogens is 1. The van der Waals surface area contributed by atoms with Crippen molar-refractivity contribution in [2.45, 2.75) is 0 Å². The molecule has 1 aromatic carbocycles. The number of aromatic nitrogens is 1. The Morgan fingerprint density at radius 2 is 2.00 bits per heavy atom. The molecule has 0 aliphatic rings. The Hall–Kier alpha value is -2.37. The zero-order valence-electron chi connectivity index (χ0n) is 9.77. The third-order valence-corrected chi connectivity index (χ3v) is 2.50. The van der Waals surface area contributed by atoms with Gasteiger partial charge in [0.25, 0.3) is 5.91 Å². The number of hydrogen-bond acceptors (Lipinski definition) is 3. The molecule has 0 unspecified atom stereocenters. The summed E-state index contributed by atoms with van der Waals surface area (Å²) in [6.45, 7) is 0. The van der Waals surface area contributed by atoms with Crippen molar-refractivity contribution < 1.29 is 9.18 Å². The van der Waals surface area contributed by atoms with Gasteiger partial charge in [-0.25, -0.2) is 9.37 Å². The summed E-state index contributed by atoms with van der Waals surface area (Å²) < 4.78 is 13.4. The summed E-state index contributed by atoms with van der Waals surface area (Å²) in [6.07, 6.45) is 0. The average Bonchev–Trinajstić information content (AvgIpc) is 2.34. The van der Waals surface area contributed by atoms with Crippen molar-refractivity contribution in [1.82, 2.24) is 4.98 Å². The topological polar surface area (TPSA) is 68.0 Å². The number of rotatable bonds is 2. The summed E-state index contributed by atoms with van der Waals surface area (Å²) in [5.74, 6) is -0.494. The van der Waals surface area contributed by atoms with Gasteiger partial charge in [0.05, 0.1) is 5.56 Å². The normalized spacial score (nSPS) is 10.1.